The van der Waals surface area contributed by atoms with Crippen LogP contribution in [0.15, 0.2) is 24.3 Å². The number of nitrogens with zero attached hydrogens (tertiary/aromatic N) is 2. The van der Waals surface area contributed by atoms with Crippen LogP contribution in [0.2, 0.25) is 0 Å². The van der Waals surface area contributed by atoms with Crippen molar-refractivity contribution in [2.75, 3.05) is 37.5 Å². The number of hydrogen-bond acceptors (Lipinski definition) is 6. The average Bonchev–Trinajstić information content (AvgIpc) is 2.77. The second kappa shape index (κ2) is 7.60. The third kappa shape index (κ3) is 4.76. The summed E-state index contributed by atoms with van der Waals surface area (Å²) in [7, 11) is 0.173. The molecule has 1 aliphatic rings. The first-order valence-electron chi connectivity index (χ1n) is 7.93. The van der Waals surface area contributed by atoms with Crippen molar-refractivity contribution in [3.05, 3.63) is 29.8 Å². The lowest BCUT2D eigenvalue weighted by Gasteiger charge is -2.34. The van der Waals surface area contributed by atoms with Gasteiger partial charge in [-0.1, -0.05) is 19.1 Å². The van der Waals surface area contributed by atoms with E-state index in [-0.39, 0.29) is 24.0 Å². The van der Waals surface area contributed by atoms with E-state index in [2.05, 4.69) is 5.32 Å². The summed E-state index contributed by atoms with van der Waals surface area (Å²) in [5.74, 6) is -0.666. The van der Waals surface area contributed by atoms with Gasteiger partial charge in [-0.3, -0.25) is 4.79 Å². The molecule has 2 rings (SSSR count). The number of hydrogen-bond donors (Lipinski definition) is 2. The third-order valence-electron chi connectivity index (χ3n) is 4.11. The number of rotatable bonds is 6. The van der Waals surface area contributed by atoms with Crippen molar-refractivity contribution >= 4 is 21.4 Å². The molecule has 0 radical (unpaired) electrons. The normalized spacial score (nSPS) is 22.9. The highest BCUT2D eigenvalue weighted by Gasteiger charge is 2.41. The van der Waals surface area contributed by atoms with E-state index < -0.39 is 22.0 Å². The lowest BCUT2D eigenvalue weighted by Crippen LogP contribution is -2.53. The molecule has 0 aliphatic carbocycles. The van der Waals surface area contributed by atoms with Crippen LogP contribution in [0.5, 0.6) is 0 Å². The summed E-state index contributed by atoms with van der Waals surface area (Å²) in [4.78, 5) is 12.3. The molecule has 1 saturated heterocycles. The lowest BCUT2D eigenvalue weighted by molar-refractivity contribution is -0.125. The van der Waals surface area contributed by atoms with E-state index in [9.17, 15) is 18.3 Å². The van der Waals surface area contributed by atoms with Crippen LogP contribution in [-0.4, -0.2) is 73.7 Å². The Balaban J connectivity index is 2.06. The topological polar surface area (TPSA) is 90.0 Å². The Morgan fingerprint density at radius 3 is 2.58 bits per heavy atom. The maximum atomic E-state index is 12.3. The van der Waals surface area contributed by atoms with Crippen molar-refractivity contribution < 1.29 is 18.3 Å². The average molecular weight is 355 g/mol. The highest BCUT2D eigenvalue weighted by molar-refractivity contribution is 7.91. The minimum Gasteiger partial charge on any atom is -0.390 e. The van der Waals surface area contributed by atoms with Crippen LogP contribution in [0, 0.1) is 0 Å². The quantitative estimate of drug-likeness (QED) is 0.705. The molecule has 1 aliphatic heterocycles. The van der Waals surface area contributed by atoms with Gasteiger partial charge in [-0.05, 0) is 24.1 Å². The summed E-state index contributed by atoms with van der Waals surface area (Å²) in [6.45, 7) is 2.01. The summed E-state index contributed by atoms with van der Waals surface area (Å²) in [5.41, 5.74) is 1.83. The van der Waals surface area contributed by atoms with Crippen LogP contribution >= 0.6 is 0 Å². The van der Waals surface area contributed by atoms with Gasteiger partial charge in [0.2, 0.25) is 5.91 Å². The molecule has 2 atom stereocenters. The van der Waals surface area contributed by atoms with Gasteiger partial charge in [0, 0.05) is 19.8 Å². The lowest BCUT2D eigenvalue weighted by atomic mass is 10.1. The van der Waals surface area contributed by atoms with Crippen molar-refractivity contribution in [3.63, 3.8) is 0 Å². The third-order valence-corrected chi connectivity index (χ3v) is 5.81. The second-order valence-corrected chi connectivity index (χ2v) is 8.41. The minimum atomic E-state index is -3.28. The Labute approximate surface area is 143 Å². The fourth-order valence-electron chi connectivity index (χ4n) is 2.87. The summed E-state index contributed by atoms with van der Waals surface area (Å²) in [6.07, 6.45) is -0.117. The van der Waals surface area contributed by atoms with Crippen LogP contribution in [0.3, 0.4) is 0 Å². The Bertz CT molecular complexity index is 690. The summed E-state index contributed by atoms with van der Waals surface area (Å²) >= 11 is 0. The zero-order valence-electron chi connectivity index (χ0n) is 14.3. The molecular weight excluding hydrogens is 330 g/mol. The number of aryl methyl sites for hydroxylation is 1. The molecular formula is C16H25N3O4S. The molecule has 8 heteroatoms. The Morgan fingerprint density at radius 1 is 1.33 bits per heavy atom. The molecule has 1 heterocycles. The summed E-state index contributed by atoms with van der Waals surface area (Å²) in [6, 6.07) is 6.98. The molecule has 0 saturated carbocycles. The van der Waals surface area contributed by atoms with Gasteiger partial charge in [0.25, 0.3) is 0 Å². The molecule has 1 aromatic carbocycles. The molecule has 1 fully saturated rings. The zero-order chi connectivity index (χ0) is 17.9. The van der Waals surface area contributed by atoms with Gasteiger partial charge >= 0.3 is 0 Å². The highest BCUT2D eigenvalue weighted by atomic mass is 32.2. The first kappa shape index (κ1) is 18.9. The molecule has 0 aromatic heterocycles. The zero-order valence-corrected chi connectivity index (χ0v) is 15.1. The van der Waals surface area contributed by atoms with E-state index in [4.69, 9.17) is 0 Å². The van der Waals surface area contributed by atoms with Gasteiger partial charge in [0.15, 0.2) is 9.84 Å². The minimum absolute atomic E-state index is 0.0272. The predicted molar refractivity (Wildman–Crippen MR) is 93.3 cm³/mol. The molecule has 0 bridgehead atoms. The van der Waals surface area contributed by atoms with Gasteiger partial charge in [0.1, 0.15) is 0 Å². The number of sulfone groups is 1. The van der Waals surface area contributed by atoms with Gasteiger partial charge < -0.3 is 10.4 Å². The van der Waals surface area contributed by atoms with Crippen molar-refractivity contribution in [2.24, 2.45) is 0 Å². The van der Waals surface area contributed by atoms with Crippen LogP contribution < -0.4 is 5.32 Å². The Hall–Kier alpha value is -1.48. The maximum Gasteiger partial charge on any atom is 0.240 e. The van der Waals surface area contributed by atoms with Gasteiger partial charge in [-0.2, -0.15) is 0 Å². The SMILES string of the molecule is CCc1cccc(NC(=O)CN(C2CS(=O)(=O)CC2O)N(C)C)c1. The molecule has 2 N–H and O–H groups in total. The number of benzene rings is 1. The van der Waals surface area contributed by atoms with E-state index in [0.717, 1.165) is 12.0 Å². The molecule has 134 valence electrons. The van der Waals surface area contributed by atoms with Crippen molar-refractivity contribution in [1.82, 2.24) is 10.0 Å². The van der Waals surface area contributed by atoms with E-state index >= 15 is 0 Å². The number of nitrogens with one attached hydrogen (secondary N) is 1. The highest BCUT2D eigenvalue weighted by Crippen LogP contribution is 2.19. The monoisotopic (exact) mass is 355 g/mol. The standard InChI is InChI=1S/C16H25N3O4S/c1-4-12-6-5-7-13(8-12)17-16(21)9-19(18(2)3)14-10-24(22,23)11-15(14)20/h5-8,14-15,20H,4,9-11H2,1-3H3,(H,17,21). The van der Waals surface area contributed by atoms with Crippen LogP contribution in [0.4, 0.5) is 5.69 Å². The number of carbonyl (C=O) groups is 1. The van der Waals surface area contributed by atoms with Crippen molar-refractivity contribution in [1.29, 1.82) is 0 Å². The van der Waals surface area contributed by atoms with Gasteiger partial charge in [-0.25, -0.2) is 18.4 Å². The Kier molecular flexibility index (Phi) is 5.97. The molecule has 24 heavy (non-hydrogen) atoms. The van der Waals surface area contributed by atoms with E-state index in [1.54, 1.807) is 24.1 Å². The molecule has 1 amide bonds. The predicted octanol–water partition coefficient (Wildman–Crippen LogP) is 0.124. The number of aliphatic hydroxyl groups is 1. The largest absolute Gasteiger partial charge is 0.390 e. The smallest absolute Gasteiger partial charge is 0.240 e. The van der Waals surface area contributed by atoms with Gasteiger partial charge in [-0.15, -0.1) is 0 Å². The fraction of sp³-hybridized carbons (Fsp3) is 0.562. The number of amides is 1. The number of anilines is 1. The van der Waals surface area contributed by atoms with Crippen LogP contribution in [-0.2, 0) is 21.1 Å². The molecule has 0 spiro atoms. The maximum absolute atomic E-state index is 12.3. The van der Waals surface area contributed by atoms with E-state index in [1.807, 2.05) is 31.2 Å². The van der Waals surface area contributed by atoms with Crippen LogP contribution in [0.25, 0.3) is 0 Å². The molecule has 7 nitrogen and oxygen atoms in total. The number of hydrazine groups is 1. The summed E-state index contributed by atoms with van der Waals surface area (Å²) in [5, 5.41) is 16.1. The second-order valence-electron chi connectivity index (χ2n) is 6.26. The van der Waals surface area contributed by atoms with Crippen molar-refractivity contribution in [2.45, 2.75) is 25.5 Å². The first-order valence-corrected chi connectivity index (χ1v) is 9.75. The van der Waals surface area contributed by atoms with Crippen LogP contribution in [0.1, 0.15) is 12.5 Å². The van der Waals surface area contributed by atoms with Gasteiger partial charge in [0.05, 0.1) is 30.2 Å². The molecule has 1 aromatic rings. The van der Waals surface area contributed by atoms with E-state index in [0.29, 0.717) is 5.69 Å². The fourth-order valence-corrected chi connectivity index (χ4v) is 4.66. The number of aliphatic hydroxyl groups excluding tert-OH is 1. The first-order chi connectivity index (χ1) is 11.2. The number of carbonyl (C=O) groups excluding carboxylic acids is 1. The summed E-state index contributed by atoms with van der Waals surface area (Å²) < 4.78 is 23.4. The van der Waals surface area contributed by atoms with E-state index in [1.165, 1.54) is 0 Å². The Morgan fingerprint density at radius 2 is 2.04 bits per heavy atom. The van der Waals surface area contributed by atoms with Crippen molar-refractivity contribution in [3.8, 4) is 0 Å². The molecule has 2 unspecified atom stereocenters.